The first-order valence-corrected chi connectivity index (χ1v) is 5.89. The van der Waals surface area contributed by atoms with E-state index in [2.05, 4.69) is 0 Å². The summed E-state index contributed by atoms with van der Waals surface area (Å²) in [5.74, 6) is -0.0408. The van der Waals surface area contributed by atoms with E-state index in [9.17, 15) is 9.59 Å². The van der Waals surface area contributed by atoms with Gasteiger partial charge in [0, 0.05) is 5.92 Å². The van der Waals surface area contributed by atoms with Crippen LogP contribution in [0.25, 0.3) is 0 Å². The van der Waals surface area contributed by atoms with E-state index < -0.39 is 0 Å². The number of ether oxygens (including phenoxy) is 2. The molecular weight excluding hydrogens is 208 g/mol. The highest BCUT2D eigenvalue weighted by atomic mass is 16.6. The molecule has 1 aliphatic carbocycles. The zero-order valence-electron chi connectivity index (χ0n) is 9.93. The molecule has 16 heavy (non-hydrogen) atoms. The largest absolute Gasteiger partial charge is 0.458 e. The van der Waals surface area contributed by atoms with Crippen LogP contribution >= 0.6 is 0 Å². The summed E-state index contributed by atoms with van der Waals surface area (Å²) >= 11 is 0. The van der Waals surface area contributed by atoms with Gasteiger partial charge >= 0.3 is 11.9 Å². The Morgan fingerprint density at radius 1 is 1.50 bits per heavy atom. The summed E-state index contributed by atoms with van der Waals surface area (Å²) in [6.07, 6.45) is 0.847. The van der Waals surface area contributed by atoms with Gasteiger partial charge in [0.15, 0.2) is 0 Å². The fourth-order valence-electron chi connectivity index (χ4n) is 2.57. The number of hydrogen-bond acceptors (Lipinski definition) is 4. The van der Waals surface area contributed by atoms with E-state index in [-0.39, 0.29) is 36.0 Å². The molecule has 0 amide bonds. The first-order valence-electron chi connectivity index (χ1n) is 5.89. The maximum atomic E-state index is 11.6. The third-order valence-electron chi connectivity index (χ3n) is 3.44. The minimum absolute atomic E-state index is 0.132. The number of hydrogen-bond donors (Lipinski definition) is 0. The summed E-state index contributed by atoms with van der Waals surface area (Å²) in [6, 6.07) is 0. The molecule has 4 heteroatoms. The number of rotatable bonds is 2. The van der Waals surface area contributed by atoms with Crippen molar-refractivity contribution in [3.63, 3.8) is 0 Å². The number of carbonyl (C=O) groups excluding carboxylic acids is 2. The summed E-state index contributed by atoms with van der Waals surface area (Å²) in [4.78, 5) is 22.8. The van der Waals surface area contributed by atoms with Gasteiger partial charge in [-0.2, -0.15) is 0 Å². The van der Waals surface area contributed by atoms with E-state index in [0.717, 1.165) is 6.42 Å². The fraction of sp³-hybridized carbons (Fsp3) is 0.833. The molecule has 90 valence electrons. The zero-order valence-corrected chi connectivity index (χ0v) is 9.93. The lowest BCUT2D eigenvalue weighted by Gasteiger charge is -2.30. The molecule has 4 nitrogen and oxygen atoms in total. The lowest BCUT2D eigenvalue weighted by molar-refractivity contribution is -0.181. The molecule has 0 aromatic rings. The fourth-order valence-corrected chi connectivity index (χ4v) is 2.57. The quantitative estimate of drug-likeness (QED) is 0.670. The maximum Gasteiger partial charge on any atom is 0.308 e. The second kappa shape index (κ2) is 4.07. The van der Waals surface area contributed by atoms with Crippen molar-refractivity contribution in [2.24, 2.45) is 17.8 Å². The Labute approximate surface area is 95.3 Å². The topological polar surface area (TPSA) is 52.6 Å². The molecule has 2 rings (SSSR count). The zero-order chi connectivity index (χ0) is 11.9. The third-order valence-corrected chi connectivity index (χ3v) is 3.44. The third kappa shape index (κ3) is 1.93. The predicted octanol–water partition coefficient (Wildman–Crippen LogP) is 1.53. The average Bonchev–Trinajstić information content (AvgIpc) is 2.38. The average molecular weight is 226 g/mol. The smallest absolute Gasteiger partial charge is 0.308 e. The van der Waals surface area contributed by atoms with Crippen LogP contribution in [0.15, 0.2) is 0 Å². The van der Waals surface area contributed by atoms with Gasteiger partial charge in [0.2, 0.25) is 0 Å². The van der Waals surface area contributed by atoms with Crippen LogP contribution in [0.2, 0.25) is 0 Å². The molecule has 0 spiro atoms. The number of esters is 2. The molecular formula is C12H18O4. The van der Waals surface area contributed by atoms with Crippen LogP contribution in [-0.2, 0) is 19.1 Å². The first kappa shape index (κ1) is 11.4. The molecule has 1 heterocycles. The van der Waals surface area contributed by atoms with Crippen LogP contribution in [0.4, 0.5) is 0 Å². The monoisotopic (exact) mass is 226 g/mol. The predicted molar refractivity (Wildman–Crippen MR) is 56.5 cm³/mol. The molecule has 2 bridgehead atoms. The number of carbonyl (C=O) groups is 2. The van der Waals surface area contributed by atoms with Gasteiger partial charge in [-0.05, 0) is 12.3 Å². The minimum Gasteiger partial charge on any atom is -0.458 e. The van der Waals surface area contributed by atoms with E-state index in [1.54, 1.807) is 0 Å². The summed E-state index contributed by atoms with van der Waals surface area (Å²) < 4.78 is 10.7. The summed E-state index contributed by atoms with van der Waals surface area (Å²) in [5, 5.41) is 0. The van der Waals surface area contributed by atoms with Crippen molar-refractivity contribution in [3.8, 4) is 0 Å². The van der Waals surface area contributed by atoms with E-state index >= 15 is 0 Å². The van der Waals surface area contributed by atoms with Crippen molar-refractivity contribution in [2.75, 3.05) is 0 Å². The molecule has 4 unspecified atom stereocenters. The molecule has 0 aromatic heterocycles. The van der Waals surface area contributed by atoms with Gasteiger partial charge in [-0.3, -0.25) is 9.59 Å². The maximum absolute atomic E-state index is 11.6. The first-order chi connectivity index (χ1) is 7.49. The van der Waals surface area contributed by atoms with Crippen molar-refractivity contribution in [3.05, 3.63) is 0 Å². The van der Waals surface area contributed by atoms with Gasteiger partial charge in [-0.1, -0.05) is 20.8 Å². The Morgan fingerprint density at radius 2 is 2.19 bits per heavy atom. The Balaban J connectivity index is 2.06. The van der Waals surface area contributed by atoms with Crippen molar-refractivity contribution < 1.29 is 19.1 Å². The van der Waals surface area contributed by atoms with E-state index in [4.69, 9.17) is 9.47 Å². The Hall–Kier alpha value is -1.06. The molecule has 0 aromatic carbocycles. The molecule has 1 saturated carbocycles. The van der Waals surface area contributed by atoms with Crippen LogP contribution < -0.4 is 0 Å². The number of fused-ring (bicyclic) bond motifs is 2. The lowest BCUT2D eigenvalue weighted by Crippen LogP contribution is -2.42. The van der Waals surface area contributed by atoms with E-state index in [1.165, 1.54) is 0 Å². The van der Waals surface area contributed by atoms with Crippen molar-refractivity contribution in [1.29, 1.82) is 0 Å². The molecule has 0 N–H and O–H groups in total. The van der Waals surface area contributed by atoms with Crippen LogP contribution in [0, 0.1) is 17.8 Å². The van der Waals surface area contributed by atoms with Crippen LogP contribution in [-0.4, -0.2) is 24.1 Å². The lowest BCUT2D eigenvalue weighted by atomic mass is 9.99. The molecule has 2 aliphatic rings. The van der Waals surface area contributed by atoms with Gasteiger partial charge < -0.3 is 9.47 Å². The Kier molecular flexibility index (Phi) is 2.91. The highest BCUT2D eigenvalue weighted by Gasteiger charge is 2.50. The van der Waals surface area contributed by atoms with Gasteiger partial charge in [0.1, 0.15) is 12.2 Å². The van der Waals surface area contributed by atoms with Crippen molar-refractivity contribution in [1.82, 2.24) is 0 Å². The van der Waals surface area contributed by atoms with Crippen LogP contribution in [0.3, 0.4) is 0 Å². The summed E-state index contributed by atoms with van der Waals surface area (Å²) in [5.41, 5.74) is 0. The molecule has 0 radical (unpaired) electrons. The van der Waals surface area contributed by atoms with Gasteiger partial charge in [-0.25, -0.2) is 0 Å². The second-order valence-corrected chi connectivity index (χ2v) is 5.19. The SMILES string of the molecule is CC(C)C(=O)OC1C2CC(=O)OC1C(C)C2. The van der Waals surface area contributed by atoms with Gasteiger partial charge in [0.05, 0.1) is 12.3 Å². The van der Waals surface area contributed by atoms with Crippen LogP contribution in [0.5, 0.6) is 0 Å². The Morgan fingerprint density at radius 3 is 2.75 bits per heavy atom. The van der Waals surface area contributed by atoms with Crippen LogP contribution in [0.1, 0.15) is 33.6 Å². The van der Waals surface area contributed by atoms with Gasteiger partial charge in [0.25, 0.3) is 0 Å². The highest BCUT2D eigenvalue weighted by Crippen LogP contribution is 2.41. The summed E-state index contributed by atoms with van der Waals surface area (Å²) in [7, 11) is 0. The molecule has 1 aliphatic heterocycles. The Bertz CT molecular complexity index is 310. The van der Waals surface area contributed by atoms with Crippen molar-refractivity contribution in [2.45, 2.75) is 45.8 Å². The van der Waals surface area contributed by atoms with Gasteiger partial charge in [-0.15, -0.1) is 0 Å². The van der Waals surface area contributed by atoms with Crippen molar-refractivity contribution >= 4 is 11.9 Å². The molecule has 4 atom stereocenters. The normalized spacial score (nSPS) is 37.4. The second-order valence-electron chi connectivity index (χ2n) is 5.19. The molecule has 2 fully saturated rings. The minimum atomic E-state index is -0.228. The standard InChI is InChI=1S/C12H18O4/c1-6(2)12(14)16-11-8-4-7(3)10(11)15-9(13)5-8/h6-8,10-11H,4-5H2,1-3H3. The van der Waals surface area contributed by atoms with E-state index in [0.29, 0.717) is 12.3 Å². The molecule has 1 saturated heterocycles. The highest BCUT2D eigenvalue weighted by molar-refractivity contribution is 5.73. The van der Waals surface area contributed by atoms with E-state index in [1.807, 2.05) is 20.8 Å². The summed E-state index contributed by atoms with van der Waals surface area (Å²) in [6.45, 7) is 5.66.